The Kier molecular flexibility index (Phi) is 5.71. The molecule has 1 heterocycles. The van der Waals surface area contributed by atoms with Crippen LogP contribution in [0.2, 0.25) is 0 Å². The van der Waals surface area contributed by atoms with Gasteiger partial charge in [0.05, 0.1) is 17.0 Å². The number of amides is 1. The normalized spacial score (nSPS) is 10.6. The van der Waals surface area contributed by atoms with E-state index in [9.17, 15) is 19.7 Å². The Hall–Kier alpha value is -3.23. The molecule has 0 atom stereocenters. The summed E-state index contributed by atoms with van der Waals surface area (Å²) in [6, 6.07) is 6.31. The quantitative estimate of drug-likeness (QED) is 0.597. The maximum absolute atomic E-state index is 12.3. The molecule has 138 valence electrons. The number of aromatic carboxylic acids is 1. The predicted molar refractivity (Wildman–Crippen MR) is 92.8 cm³/mol. The van der Waals surface area contributed by atoms with Crippen LogP contribution >= 0.6 is 0 Å². The average Bonchev–Trinajstić information content (AvgIpc) is 2.86. The molecule has 0 saturated carbocycles. The summed E-state index contributed by atoms with van der Waals surface area (Å²) in [5.41, 5.74) is 1.73. The summed E-state index contributed by atoms with van der Waals surface area (Å²) in [6.07, 6.45) is 0.156. The molecule has 1 aromatic heterocycles. The van der Waals surface area contributed by atoms with E-state index in [1.54, 1.807) is 33.0 Å². The molecule has 2 rings (SSSR count). The van der Waals surface area contributed by atoms with Crippen LogP contribution in [0.5, 0.6) is 0 Å². The van der Waals surface area contributed by atoms with Crippen LogP contribution in [0.3, 0.4) is 0 Å². The zero-order valence-electron chi connectivity index (χ0n) is 14.8. The molecule has 0 radical (unpaired) electrons. The molecule has 1 N–H and O–H groups in total. The number of carboxylic acid groups (broad SMARTS) is 1. The van der Waals surface area contributed by atoms with E-state index in [2.05, 4.69) is 5.10 Å². The van der Waals surface area contributed by atoms with Gasteiger partial charge in [0.2, 0.25) is 5.91 Å². The van der Waals surface area contributed by atoms with Gasteiger partial charge in [0.15, 0.2) is 0 Å². The van der Waals surface area contributed by atoms with Crippen LogP contribution in [0.15, 0.2) is 24.3 Å². The minimum absolute atomic E-state index is 0.0238. The first kappa shape index (κ1) is 19.1. The maximum Gasteiger partial charge on any atom is 0.335 e. The molecule has 9 heteroatoms. The predicted octanol–water partition coefficient (Wildman–Crippen LogP) is 2.16. The number of hydrogen-bond donors (Lipinski definition) is 1. The molecule has 0 bridgehead atoms. The Morgan fingerprint density at radius 1 is 1.27 bits per heavy atom. The number of aromatic nitrogens is 2. The number of aryl methyl sites for hydroxylation is 2. The highest BCUT2D eigenvalue weighted by atomic mass is 16.6. The Bertz CT molecular complexity index is 842. The SMILES string of the molecule is Cc1nn(CCC(=O)N(C)Cc2ccc(C(=O)O)cc2)c(C)c1[N+](=O)[O-]. The third kappa shape index (κ3) is 4.24. The molecule has 0 fully saturated rings. The van der Waals surface area contributed by atoms with Crippen molar-refractivity contribution in [3.05, 3.63) is 56.9 Å². The smallest absolute Gasteiger partial charge is 0.335 e. The number of benzene rings is 1. The lowest BCUT2D eigenvalue weighted by Gasteiger charge is -2.17. The van der Waals surface area contributed by atoms with Crippen LogP contribution < -0.4 is 0 Å². The highest BCUT2D eigenvalue weighted by molar-refractivity contribution is 5.87. The minimum atomic E-state index is -1.00. The molecule has 9 nitrogen and oxygen atoms in total. The van der Waals surface area contributed by atoms with Gasteiger partial charge in [-0.1, -0.05) is 12.1 Å². The number of carboxylic acids is 1. The number of carbonyl (C=O) groups is 2. The number of carbonyl (C=O) groups excluding carboxylic acids is 1. The van der Waals surface area contributed by atoms with Crippen molar-refractivity contribution in [2.24, 2.45) is 0 Å². The summed E-state index contributed by atoms with van der Waals surface area (Å²) in [7, 11) is 1.65. The van der Waals surface area contributed by atoms with Crippen molar-refractivity contribution in [2.75, 3.05) is 7.05 Å². The van der Waals surface area contributed by atoms with Crippen LogP contribution in [0.4, 0.5) is 5.69 Å². The summed E-state index contributed by atoms with van der Waals surface area (Å²) in [5.74, 6) is -1.14. The van der Waals surface area contributed by atoms with Crippen molar-refractivity contribution in [1.82, 2.24) is 14.7 Å². The van der Waals surface area contributed by atoms with Gasteiger partial charge in [-0.05, 0) is 31.5 Å². The summed E-state index contributed by atoms with van der Waals surface area (Å²) in [5, 5.41) is 24.0. The molecule has 0 aliphatic heterocycles. The van der Waals surface area contributed by atoms with Crippen LogP contribution in [-0.4, -0.2) is 43.6 Å². The molecular formula is C17H20N4O5. The Morgan fingerprint density at radius 3 is 2.38 bits per heavy atom. The summed E-state index contributed by atoms with van der Waals surface area (Å²) in [4.78, 5) is 35.2. The lowest BCUT2D eigenvalue weighted by molar-refractivity contribution is -0.386. The lowest BCUT2D eigenvalue weighted by Crippen LogP contribution is -2.27. The molecule has 1 amide bonds. The fraction of sp³-hybridized carbons (Fsp3) is 0.353. The maximum atomic E-state index is 12.3. The van der Waals surface area contributed by atoms with Crippen molar-refractivity contribution < 1.29 is 19.6 Å². The number of rotatable bonds is 7. The van der Waals surface area contributed by atoms with Gasteiger partial charge in [-0.3, -0.25) is 19.6 Å². The fourth-order valence-electron chi connectivity index (χ4n) is 2.68. The van der Waals surface area contributed by atoms with Crippen molar-refractivity contribution in [1.29, 1.82) is 0 Å². The first-order chi connectivity index (χ1) is 12.2. The lowest BCUT2D eigenvalue weighted by atomic mass is 10.1. The molecule has 0 saturated heterocycles. The van der Waals surface area contributed by atoms with Gasteiger partial charge in [0.1, 0.15) is 11.4 Å². The van der Waals surface area contributed by atoms with Crippen LogP contribution in [-0.2, 0) is 17.9 Å². The molecule has 1 aromatic carbocycles. The summed E-state index contributed by atoms with van der Waals surface area (Å²) in [6.45, 7) is 3.77. The molecule has 2 aromatic rings. The van der Waals surface area contributed by atoms with Crippen molar-refractivity contribution >= 4 is 17.6 Å². The number of nitrogens with zero attached hydrogens (tertiary/aromatic N) is 4. The second-order valence-electron chi connectivity index (χ2n) is 6.00. The second kappa shape index (κ2) is 7.77. The standard InChI is InChI=1S/C17H20N4O5/c1-11-16(21(25)26)12(2)20(18-11)9-8-15(22)19(3)10-13-4-6-14(7-5-13)17(23)24/h4-7H,8-10H2,1-3H3,(H,23,24). The third-order valence-corrected chi connectivity index (χ3v) is 4.11. The summed E-state index contributed by atoms with van der Waals surface area (Å²) >= 11 is 0. The van der Waals surface area contributed by atoms with Crippen molar-refractivity contribution in [3.63, 3.8) is 0 Å². The monoisotopic (exact) mass is 360 g/mol. The topological polar surface area (TPSA) is 119 Å². The van der Waals surface area contributed by atoms with Crippen LogP contribution in [0, 0.1) is 24.0 Å². The van der Waals surface area contributed by atoms with Gasteiger partial charge in [0, 0.05) is 20.0 Å². The Morgan fingerprint density at radius 2 is 1.88 bits per heavy atom. The van der Waals surface area contributed by atoms with Gasteiger partial charge in [0.25, 0.3) is 0 Å². The van der Waals surface area contributed by atoms with Crippen molar-refractivity contribution in [3.8, 4) is 0 Å². The molecule has 0 unspecified atom stereocenters. The molecule has 0 aliphatic carbocycles. The number of hydrogen-bond acceptors (Lipinski definition) is 5. The van der Waals surface area contributed by atoms with Gasteiger partial charge >= 0.3 is 11.7 Å². The zero-order chi connectivity index (χ0) is 19.4. The van der Waals surface area contributed by atoms with E-state index in [-0.39, 0.29) is 30.1 Å². The van der Waals surface area contributed by atoms with Crippen molar-refractivity contribution in [2.45, 2.75) is 33.4 Å². The van der Waals surface area contributed by atoms with Gasteiger partial charge in [-0.2, -0.15) is 5.10 Å². The summed E-state index contributed by atoms with van der Waals surface area (Å²) < 4.78 is 1.47. The van der Waals surface area contributed by atoms with E-state index in [4.69, 9.17) is 5.11 Å². The van der Waals surface area contributed by atoms with E-state index in [1.807, 2.05) is 0 Å². The minimum Gasteiger partial charge on any atom is -0.478 e. The fourth-order valence-corrected chi connectivity index (χ4v) is 2.68. The largest absolute Gasteiger partial charge is 0.478 e. The molecule has 0 spiro atoms. The first-order valence-electron chi connectivity index (χ1n) is 7.95. The van der Waals surface area contributed by atoms with E-state index >= 15 is 0 Å². The van der Waals surface area contributed by atoms with E-state index < -0.39 is 10.9 Å². The third-order valence-electron chi connectivity index (χ3n) is 4.11. The van der Waals surface area contributed by atoms with E-state index in [1.165, 1.54) is 21.7 Å². The Balaban J connectivity index is 1.96. The second-order valence-corrected chi connectivity index (χ2v) is 6.00. The molecular weight excluding hydrogens is 340 g/mol. The van der Waals surface area contributed by atoms with Gasteiger partial charge in [-0.25, -0.2) is 4.79 Å². The average molecular weight is 360 g/mol. The zero-order valence-corrected chi connectivity index (χ0v) is 14.8. The molecule has 26 heavy (non-hydrogen) atoms. The van der Waals surface area contributed by atoms with Crippen LogP contribution in [0.1, 0.15) is 33.7 Å². The van der Waals surface area contributed by atoms with Crippen LogP contribution in [0.25, 0.3) is 0 Å². The molecule has 0 aliphatic rings. The first-order valence-corrected chi connectivity index (χ1v) is 7.95. The Labute approximate surface area is 150 Å². The van der Waals surface area contributed by atoms with Gasteiger partial charge < -0.3 is 10.0 Å². The highest BCUT2D eigenvalue weighted by Gasteiger charge is 2.22. The van der Waals surface area contributed by atoms with Gasteiger partial charge in [-0.15, -0.1) is 0 Å². The number of nitro groups is 1. The highest BCUT2D eigenvalue weighted by Crippen LogP contribution is 2.22. The van der Waals surface area contributed by atoms with E-state index in [0.29, 0.717) is 17.9 Å². The van der Waals surface area contributed by atoms with E-state index in [0.717, 1.165) is 5.56 Å².